The highest BCUT2D eigenvalue weighted by Gasteiger charge is 2.31. The van der Waals surface area contributed by atoms with Crippen LogP contribution in [0.25, 0.3) is 0 Å². The van der Waals surface area contributed by atoms with Gasteiger partial charge in [-0.15, -0.1) is 0 Å². The van der Waals surface area contributed by atoms with E-state index < -0.39 is 40.7 Å². The maximum atomic E-state index is 13.8. The number of nitrogens with one attached hydrogen (secondary N) is 1. The summed E-state index contributed by atoms with van der Waals surface area (Å²) in [5.74, 6) is -9.81. The van der Waals surface area contributed by atoms with Gasteiger partial charge in [-0.05, 0) is 14.0 Å². The number of hydrogen-bond acceptors (Lipinski definition) is 2. The van der Waals surface area contributed by atoms with Crippen molar-refractivity contribution in [2.24, 2.45) is 0 Å². The number of benzene rings is 1. The average molecular weight is 305 g/mol. The molecule has 0 saturated carbocycles. The monoisotopic (exact) mass is 305 g/mol. The van der Waals surface area contributed by atoms with Gasteiger partial charge < -0.3 is 5.32 Å². The van der Waals surface area contributed by atoms with Crippen molar-refractivity contribution >= 4 is 0 Å². The lowest BCUT2D eigenvalue weighted by molar-refractivity contribution is 0.364. The van der Waals surface area contributed by atoms with Gasteiger partial charge in [-0.1, -0.05) is 0 Å². The number of aromatic nitrogens is 2. The Kier molecular flexibility index (Phi) is 4.26. The van der Waals surface area contributed by atoms with E-state index in [1.54, 1.807) is 6.92 Å². The van der Waals surface area contributed by atoms with Crippen LogP contribution >= 0.6 is 0 Å². The Hall–Kier alpha value is -1.96. The summed E-state index contributed by atoms with van der Waals surface area (Å²) in [5.41, 5.74) is -0.632. The molecule has 0 amide bonds. The lowest BCUT2D eigenvalue weighted by atomic mass is 9.99. The molecule has 1 aromatic heterocycles. The zero-order valence-electron chi connectivity index (χ0n) is 11.2. The molecule has 1 atom stereocenters. The smallest absolute Gasteiger partial charge is 0.200 e. The average Bonchev–Trinajstić information content (AvgIpc) is 2.96. The van der Waals surface area contributed by atoms with Crippen molar-refractivity contribution in [3.8, 4) is 0 Å². The fourth-order valence-corrected chi connectivity index (χ4v) is 2.05. The summed E-state index contributed by atoms with van der Waals surface area (Å²) in [5, 5.41) is 6.46. The molecule has 0 aliphatic rings. The Labute approximate surface area is 117 Å². The number of aryl methyl sites for hydroxylation is 1. The Morgan fingerprint density at radius 2 is 1.57 bits per heavy atom. The lowest BCUT2D eigenvalue weighted by Crippen LogP contribution is -2.22. The normalized spacial score (nSPS) is 12.7. The van der Waals surface area contributed by atoms with Gasteiger partial charge in [0.1, 0.15) is 0 Å². The summed E-state index contributed by atoms with van der Waals surface area (Å²) in [7, 11) is 1.35. The number of nitrogens with zero attached hydrogens (tertiary/aromatic N) is 2. The van der Waals surface area contributed by atoms with Gasteiger partial charge in [0.05, 0.1) is 17.8 Å². The van der Waals surface area contributed by atoms with Crippen molar-refractivity contribution in [2.75, 3.05) is 7.05 Å². The van der Waals surface area contributed by atoms with E-state index in [2.05, 4.69) is 10.4 Å². The van der Waals surface area contributed by atoms with Crippen molar-refractivity contribution in [3.05, 3.63) is 52.6 Å². The molecular formula is C13H12F5N3. The van der Waals surface area contributed by atoms with Crippen LogP contribution in [0.15, 0.2) is 12.4 Å². The molecule has 2 rings (SSSR count). The van der Waals surface area contributed by atoms with E-state index >= 15 is 0 Å². The van der Waals surface area contributed by atoms with Crippen LogP contribution in [0, 0.1) is 29.1 Å². The summed E-state index contributed by atoms with van der Waals surface area (Å²) in [6.45, 7) is 2.30. The van der Waals surface area contributed by atoms with Crippen LogP contribution in [0.1, 0.15) is 24.1 Å². The SMILES string of the molecule is CCn1cc(C(NC)c2c(F)c(F)c(F)c(F)c2F)cn1. The summed E-state index contributed by atoms with van der Waals surface area (Å²) < 4.78 is 68.7. The van der Waals surface area contributed by atoms with Crippen molar-refractivity contribution < 1.29 is 22.0 Å². The van der Waals surface area contributed by atoms with Crippen LogP contribution in [-0.2, 0) is 6.54 Å². The van der Waals surface area contributed by atoms with Gasteiger partial charge in [-0.25, -0.2) is 22.0 Å². The third kappa shape index (κ3) is 2.51. The van der Waals surface area contributed by atoms with E-state index in [0.717, 1.165) is 0 Å². The van der Waals surface area contributed by atoms with Crippen molar-refractivity contribution in [1.29, 1.82) is 0 Å². The number of halogens is 5. The van der Waals surface area contributed by atoms with Crippen LogP contribution in [0.4, 0.5) is 22.0 Å². The van der Waals surface area contributed by atoms with E-state index in [0.29, 0.717) is 12.1 Å². The third-order valence-electron chi connectivity index (χ3n) is 3.13. The fraction of sp³-hybridized carbons (Fsp3) is 0.308. The predicted octanol–water partition coefficient (Wildman–Crippen LogP) is 2.91. The Balaban J connectivity index is 2.62. The van der Waals surface area contributed by atoms with Crippen molar-refractivity contribution in [2.45, 2.75) is 19.5 Å². The zero-order chi connectivity index (χ0) is 15.7. The molecule has 0 aliphatic carbocycles. The highest BCUT2D eigenvalue weighted by atomic mass is 19.2. The molecular weight excluding hydrogens is 293 g/mol. The summed E-state index contributed by atoms with van der Waals surface area (Å²) in [4.78, 5) is 0. The molecule has 1 aromatic carbocycles. The van der Waals surface area contributed by atoms with Crippen LogP contribution in [0.5, 0.6) is 0 Å². The molecule has 114 valence electrons. The molecule has 1 unspecified atom stereocenters. The molecule has 0 fully saturated rings. The highest BCUT2D eigenvalue weighted by Crippen LogP contribution is 2.31. The van der Waals surface area contributed by atoms with Gasteiger partial charge in [0.25, 0.3) is 0 Å². The second kappa shape index (κ2) is 5.80. The van der Waals surface area contributed by atoms with Gasteiger partial charge >= 0.3 is 0 Å². The second-order valence-electron chi connectivity index (χ2n) is 4.33. The van der Waals surface area contributed by atoms with Crippen molar-refractivity contribution in [1.82, 2.24) is 15.1 Å². The molecule has 21 heavy (non-hydrogen) atoms. The number of hydrogen-bond donors (Lipinski definition) is 1. The Bertz CT molecular complexity index is 639. The first-order chi connectivity index (χ1) is 9.92. The minimum absolute atomic E-state index is 0.294. The zero-order valence-corrected chi connectivity index (χ0v) is 11.2. The topological polar surface area (TPSA) is 29.9 Å². The van der Waals surface area contributed by atoms with Crippen LogP contribution in [0.3, 0.4) is 0 Å². The number of rotatable bonds is 4. The molecule has 0 spiro atoms. The van der Waals surface area contributed by atoms with Crippen molar-refractivity contribution in [3.63, 3.8) is 0 Å². The van der Waals surface area contributed by atoms with Crippen LogP contribution in [0.2, 0.25) is 0 Å². The molecule has 0 bridgehead atoms. The molecule has 0 saturated heterocycles. The third-order valence-corrected chi connectivity index (χ3v) is 3.13. The molecule has 1 N–H and O–H groups in total. The Morgan fingerprint density at radius 3 is 2.00 bits per heavy atom. The second-order valence-corrected chi connectivity index (χ2v) is 4.33. The van der Waals surface area contributed by atoms with E-state index in [1.807, 2.05) is 0 Å². The maximum Gasteiger partial charge on any atom is 0.200 e. The minimum Gasteiger partial charge on any atom is -0.309 e. The molecule has 2 aromatic rings. The first kappa shape index (κ1) is 15.4. The van der Waals surface area contributed by atoms with Crippen LogP contribution < -0.4 is 5.32 Å². The van der Waals surface area contributed by atoms with E-state index in [1.165, 1.54) is 24.1 Å². The molecule has 0 radical (unpaired) electrons. The summed E-state index contributed by atoms with van der Waals surface area (Å²) in [6, 6.07) is -1.20. The van der Waals surface area contributed by atoms with Gasteiger partial charge in [0.2, 0.25) is 5.82 Å². The summed E-state index contributed by atoms with van der Waals surface area (Å²) in [6.07, 6.45) is 2.78. The van der Waals surface area contributed by atoms with Crippen LogP contribution in [-0.4, -0.2) is 16.8 Å². The van der Waals surface area contributed by atoms with E-state index in [-0.39, 0.29) is 0 Å². The largest absolute Gasteiger partial charge is 0.309 e. The summed E-state index contributed by atoms with van der Waals surface area (Å²) >= 11 is 0. The molecule has 8 heteroatoms. The van der Waals surface area contributed by atoms with Gasteiger partial charge in [-0.2, -0.15) is 5.10 Å². The Morgan fingerprint density at radius 1 is 1.05 bits per heavy atom. The van der Waals surface area contributed by atoms with E-state index in [4.69, 9.17) is 0 Å². The highest BCUT2D eigenvalue weighted by molar-refractivity contribution is 5.33. The molecule has 3 nitrogen and oxygen atoms in total. The van der Waals surface area contributed by atoms with Gasteiger partial charge in [0, 0.05) is 18.3 Å². The minimum atomic E-state index is -2.17. The van der Waals surface area contributed by atoms with Gasteiger partial charge in [-0.3, -0.25) is 4.68 Å². The van der Waals surface area contributed by atoms with E-state index in [9.17, 15) is 22.0 Å². The maximum absolute atomic E-state index is 13.8. The first-order valence-electron chi connectivity index (χ1n) is 6.13. The first-order valence-corrected chi connectivity index (χ1v) is 6.13. The predicted molar refractivity (Wildman–Crippen MR) is 65.0 cm³/mol. The fourth-order valence-electron chi connectivity index (χ4n) is 2.05. The molecule has 0 aliphatic heterocycles. The standard InChI is InChI=1S/C13H12F5N3/c1-3-21-5-6(4-20-21)13(19-2)7-8(14)10(16)12(18)11(17)9(7)15/h4-5,13,19H,3H2,1-2H3. The van der Waals surface area contributed by atoms with Gasteiger partial charge in [0.15, 0.2) is 23.3 Å². The quantitative estimate of drug-likeness (QED) is 0.535. The molecule has 1 heterocycles. The lowest BCUT2D eigenvalue weighted by Gasteiger charge is -2.17.